The molecule has 1 amide bonds. The van der Waals surface area contributed by atoms with Crippen molar-refractivity contribution in [3.8, 4) is 5.75 Å². The van der Waals surface area contributed by atoms with E-state index in [4.69, 9.17) is 14.2 Å². The molecule has 1 aliphatic heterocycles. The summed E-state index contributed by atoms with van der Waals surface area (Å²) in [4.78, 5) is 24.2. The van der Waals surface area contributed by atoms with Gasteiger partial charge in [-0.05, 0) is 31.9 Å². The standard InChI is InChI=1S/C18H21N3O5/c1-2-24-18(23)14-10-16(21-20-14)19-17(22)13-7-3-4-8-15(13)26-11-12-6-5-9-25-12/h3-4,7-8,10,12H,2,5-6,9,11H2,1H3,(H2,19,20,21,22)/t12-/m0/s1. The molecule has 8 heteroatoms. The van der Waals surface area contributed by atoms with Gasteiger partial charge in [0.15, 0.2) is 5.82 Å². The number of carbonyl (C=O) groups is 2. The van der Waals surface area contributed by atoms with E-state index >= 15 is 0 Å². The highest BCUT2D eigenvalue weighted by atomic mass is 16.5. The number of amides is 1. The molecule has 138 valence electrons. The Kier molecular flexibility index (Phi) is 5.85. The van der Waals surface area contributed by atoms with Crippen LogP contribution in [0.25, 0.3) is 0 Å². The van der Waals surface area contributed by atoms with Crippen molar-refractivity contribution in [2.45, 2.75) is 25.9 Å². The number of aromatic amines is 1. The van der Waals surface area contributed by atoms with E-state index in [0.717, 1.165) is 19.4 Å². The van der Waals surface area contributed by atoms with Crippen LogP contribution in [0.1, 0.15) is 40.6 Å². The van der Waals surface area contributed by atoms with Gasteiger partial charge in [-0.3, -0.25) is 9.89 Å². The predicted octanol–water partition coefficient (Wildman–Crippen LogP) is 2.40. The van der Waals surface area contributed by atoms with Gasteiger partial charge in [0.05, 0.1) is 18.3 Å². The number of hydrogen-bond donors (Lipinski definition) is 2. The molecule has 1 aliphatic rings. The highest BCUT2D eigenvalue weighted by Gasteiger charge is 2.19. The first kappa shape index (κ1) is 17.9. The lowest BCUT2D eigenvalue weighted by molar-refractivity contribution is 0.0519. The van der Waals surface area contributed by atoms with Crippen molar-refractivity contribution in [2.75, 3.05) is 25.1 Å². The number of aromatic nitrogens is 2. The molecule has 1 aromatic heterocycles. The second-order valence-corrected chi connectivity index (χ2v) is 5.78. The maximum atomic E-state index is 12.5. The number of nitrogens with zero attached hydrogens (tertiary/aromatic N) is 1. The molecule has 0 radical (unpaired) electrons. The minimum absolute atomic E-state index is 0.0598. The molecule has 1 fully saturated rings. The van der Waals surface area contributed by atoms with Crippen molar-refractivity contribution >= 4 is 17.7 Å². The molecule has 1 aromatic carbocycles. The third-order valence-corrected chi connectivity index (χ3v) is 3.90. The second-order valence-electron chi connectivity index (χ2n) is 5.78. The predicted molar refractivity (Wildman–Crippen MR) is 93.4 cm³/mol. The number of para-hydroxylation sites is 1. The second kappa shape index (κ2) is 8.48. The zero-order valence-corrected chi connectivity index (χ0v) is 14.5. The molecule has 0 spiro atoms. The molecule has 3 rings (SSSR count). The first-order chi connectivity index (χ1) is 12.7. The van der Waals surface area contributed by atoms with Crippen LogP contribution in [0.4, 0.5) is 5.82 Å². The average molecular weight is 359 g/mol. The van der Waals surface area contributed by atoms with Crippen molar-refractivity contribution < 1.29 is 23.8 Å². The lowest BCUT2D eigenvalue weighted by Crippen LogP contribution is -2.19. The lowest BCUT2D eigenvalue weighted by Gasteiger charge is -2.14. The Morgan fingerprint density at radius 3 is 3.00 bits per heavy atom. The molecule has 2 heterocycles. The smallest absolute Gasteiger partial charge is 0.356 e. The number of anilines is 1. The molecular weight excluding hydrogens is 338 g/mol. The van der Waals surface area contributed by atoms with Gasteiger partial charge >= 0.3 is 5.97 Å². The van der Waals surface area contributed by atoms with Crippen molar-refractivity contribution in [3.63, 3.8) is 0 Å². The monoisotopic (exact) mass is 359 g/mol. The van der Waals surface area contributed by atoms with Crippen LogP contribution >= 0.6 is 0 Å². The van der Waals surface area contributed by atoms with Gasteiger partial charge in [0, 0.05) is 12.7 Å². The molecular formula is C18H21N3O5. The summed E-state index contributed by atoms with van der Waals surface area (Å²) in [6, 6.07) is 8.38. The van der Waals surface area contributed by atoms with Crippen LogP contribution in [-0.4, -0.2) is 48.0 Å². The molecule has 0 unspecified atom stereocenters. The summed E-state index contributed by atoms with van der Waals surface area (Å²) >= 11 is 0. The summed E-state index contributed by atoms with van der Waals surface area (Å²) in [5, 5.41) is 9.09. The minimum atomic E-state index is -0.527. The first-order valence-electron chi connectivity index (χ1n) is 8.54. The van der Waals surface area contributed by atoms with E-state index in [2.05, 4.69) is 15.5 Å². The Morgan fingerprint density at radius 2 is 2.23 bits per heavy atom. The molecule has 26 heavy (non-hydrogen) atoms. The third kappa shape index (κ3) is 4.40. The van der Waals surface area contributed by atoms with Gasteiger partial charge in [-0.25, -0.2) is 4.79 Å². The number of nitrogens with one attached hydrogen (secondary N) is 2. The zero-order chi connectivity index (χ0) is 18.4. The molecule has 0 bridgehead atoms. The van der Waals surface area contributed by atoms with E-state index in [0.29, 0.717) is 17.9 Å². The van der Waals surface area contributed by atoms with Gasteiger partial charge in [-0.1, -0.05) is 12.1 Å². The Bertz CT molecular complexity index is 768. The number of benzene rings is 1. The van der Waals surface area contributed by atoms with E-state index in [1.165, 1.54) is 6.07 Å². The van der Waals surface area contributed by atoms with Crippen LogP contribution < -0.4 is 10.1 Å². The summed E-state index contributed by atoms with van der Waals surface area (Å²) in [6.07, 6.45) is 2.04. The molecule has 2 aromatic rings. The summed E-state index contributed by atoms with van der Waals surface area (Å²) in [5.41, 5.74) is 0.552. The first-order valence-corrected chi connectivity index (χ1v) is 8.54. The van der Waals surface area contributed by atoms with E-state index < -0.39 is 5.97 Å². The topological polar surface area (TPSA) is 103 Å². The lowest BCUT2D eigenvalue weighted by atomic mass is 10.2. The third-order valence-electron chi connectivity index (χ3n) is 3.90. The molecule has 0 aliphatic carbocycles. The van der Waals surface area contributed by atoms with E-state index in [9.17, 15) is 9.59 Å². The van der Waals surface area contributed by atoms with Gasteiger partial charge in [-0.15, -0.1) is 0 Å². The van der Waals surface area contributed by atoms with E-state index in [1.54, 1.807) is 31.2 Å². The summed E-state index contributed by atoms with van der Waals surface area (Å²) in [5.74, 6) is -0.204. The summed E-state index contributed by atoms with van der Waals surface area (Å²) in [7, 11) is 0. The Morgan fingerprint density at radius 1 is 1.38 bits per heavy atom. The fourth-order valence-corrected chi connectivity index (χ4v) is 2.62. The van der Waals surface area contributed by atoms with Crippen LogP contribution in [0, 0.1) is 0 Å². The van der Waals surface area contributed by atoms with Crippen LogP contribution in [0.15, 0.2) is 30.3 Å². The number of ether oxygens (including phenoxy) is 3. The molecule has 1 atom stereocenters. The van der Waals surface area contributed by atoms with Gasteiger partial charge in [0.25, 0.3) is 5.91 Å². The largest absolute Gasteiger partial charge is 0.490 e. The van der Waals surface area contributed by atoms with Crippen molar-refractivity contribution in [1.82, 2.24) is 10.2 Å². The van der Waals surface area contributed by atoms with Crippen molar-refractivity contribution in [3.05, 3.63) is 41.6 Å². The highest BCUT2D eigenvalue weighted by molar-refractivity contribution is 6.06. The van der Waals surface area contributed by atoms with Crippen LogP contribution in [0.5, 0.6) is 5.75 Å². The number of hydrogen-bond acceptors (Lipinski definition) is 6. The van der Waals surface area contributed by atoms with Crippen molar-refractivity contribution in [2.24, 2.45) is 0 Å². The number of rotatable bonds is 7. The molecule has 0 saturated carbocycles. The average Bonchev–Trinajstić information content (AvgIpc) is 3.32. The normalized spacial score (nSPS) is 16.3. The van der Waals surface area contributed by atoms with Gasteiger partial charge in [-0.2, -0.15) is 5.10 Å². The maximum absolute atomic E-state index is 12.5. The van der Waals surface area contributed by atoms with E-state index in [-0.39, 0.29) is 30.1 Å². The number of esters is 1. The Balaban J connectivity index is 1.65. The zero-order valence-electron chi connectivity index (χ0n) is 14.5. The quantitative estimate of drug-likeness (QED) is 0.736. The van der Waals surface area contributed by atoms with Crippen molar-refractivity contribution in [1.29, 1.82) is 0 Å². The van der Waals surface area contributed by atoms with Gasteiger partial charge < -0.3 is 19.5 Å². The minimum Gasteiger partial charge on any atom is -0.490 e. The van der Waals surface area contributed by atoms with E-state index in [1.807, 2.05) is 0 Å². The molecule has 1 saturated heterocycles. The number of carbonyl (C=O) groups excluding carboxylic acids is 2. The van der Waals surface area contributed by atoms with Gasteiger partial charge in [0.1, 0.15) is 18.1 Å². The Hall–Kier alpha value is -2.87. The fourth-order valence-electron chi connectivity index (χ4n) is 2.62. The summed E-state index contributed by atoms with van der Waals surface area (Å²) in [6.45, 7) is 3.12. The van der Waals surface area contributed by atoms with Crippen LogP contribution in [-0.2, 0) is 9.47 Å². The van der Waals surface area contributed by atoms with Crippen LogP contribution in [0.2, 0.25) is 0 Å². The fraction of sp³-hybridized carbons (Fsp3) is 0.389. The SMILES string of the molecule is CCOC(=O)c1cc(NC(=O)c2ccccc2OC[C@@H]2CCCO2)n[nH]1. The number of H-pyrrole nitrogens is 1. The molecule has 2 N–H and O–H groups in total. The Labute approximate surface area is 150 Å². The highest BCUT2D eigenvalue weighted by Crippen LogP contribution is 2.21. The van der Waals surface area contributed by atoms with Crippen LogP contribution in [0.3, 0.4) is 0 Å². The summed E-state index contributed by atoms with van der Waals surface area (Å²) < 4.78 is 16.2. The van der Waals surface area contributed by atoms with Gasteiger partial charge in [0.2, 0.25) is 0 Å². The maximum Gasteiger partial charge on any atom is 0.356 e. The molecule has 8 nitrogen and oxygen atoms in total.